The lowest BCUT2D eigenvalue weighted by Gasteiger charge is -2.36. The van der Waals surface area contributed by atoms with Crippen LogP contribution in [0.5, 0.6) is 0 Å². The topological polar surface area (TPSA) is 36.3 Å². The number of rotatable bonds is 4. The maximum absolute atomic E-state index is 8.69. The maximum atomic E-state index is 8.69. The Labute approximate surface area is 89.9 Å². The number of hydrogen-bond acceptors (Lipinski definition) is 3. The largest absolute Gasteiger partial charge is 0.375 e. The minimum absolute atomic E-state index is 0.304. The van der Waals surface area contributed by atoms with Crippen LogP contribution < -0.4 is 0 Å². The zero-order valence-electron chi connectivity index (χ0n) is 8.60. The van der Waals surface area contributed by atoms with Crippen LogP contribution in [0.1, 0.15) is 12.0 Å². The maximum Gasteiger partial charge on any atom is 0.179 e. The summed E-state index contributed by atoms with van der Waals surface area (Å²) >= 11 is 0. The molecule has 0 N–H and O–H groups in total. The van der Waals surface area contributed by atoms with E-state index in [4.69, 9.17) is 10.00 Å². The van der Waals surface area contributed by atoms with Gasteiger partial charge in [0.2, 0.25) is 0 Å². The smallest absolute Gasteiger partial charge is 0.179 e. The highest BCUT2D eigenvalue weighted by atomic mass is 16.5. The zero-order chi connectivity index (χ0) is 10.5. The molecule has 1 fully saturated rings. The van der Waals surface area contributed by atoms with Gasteiger partial charge in [0.05, 0.1) is 19.3 Å². The summed E-state index contributed by atoms with van der Waals surface area (Å²) in [5.41, 5.74) is 1.18. The molecule has 3 nitrogen and oxygen atoms in total. The third-order valence-electron chi connectivity index (χ3n) is 2.69. The van der Waals surface area contributed by atoms with E-state index in [1.165, 1.54) is 5.56 Å². The third-order valence-corrected chi connectivity index (χ3v) is 2.69. The van der Waals surface area contributed by atoms with E-state index in [0.717, 1.165) is 13.0 Å². The van der Waals surface area contributed by atoms with Crippen molar-refractivity contribution in [2.75, 3.05) is 13.2 Å². The van der Waals surface area contributed by atoms with E-state index in [2.05, 4.69) is 6.19 Å². The SMILES string of the molecule is N#CN1CCC1COCc1ccccc1. The van der Waals surface area contributed by atoms with Gasteiger partial charge >= 0.3 is 0 Å². The van der Waals surface area contributed by atoms with Crippen LogP contribution in [0.4, 0.5) is 0 Å². The van der Waals surface area contributed by atoms with E-state index in [-0.39, 0.29) is 0 Å². The first-order chi connectivity index (χ1) is 7.40. The first kappa shape index (κ1) is 10.0. The van der Waals surface area contributed by atoms with Crippen molar-refractivity contribution in [3.8, 4) is 6.19 Å². The van der Waals surface area contributed by atoms with Gasteiger partial charge in [0, 0.05) is 6.54 Å². The molecule has 1 heterocycles. The van der Waals surface area contributed by atoms with Gasteiger partial charge in [-0.2, -0.15) is 5.26 Å². The molecule has 1 aromatic rings. The van der Waals surface area contributed by atoms with Crippen molar-refractivity contribution in [2.24, 2.45) is 0 Å². The molecule has 2 rings (SSSR count). The molecule has 0 saturated carbocycles. The van der Waals surface area contributed by atoms with E-state index in [0.29, 0.717) is 19.3 Å². The van der Waals surface area contributed by atoms with Crippen LogP contribution in [0.2, 0.25) is 0 Å². The minimum Gasteiger partial charge on any atom is -0.375 e. The molecule has 1 saturated heterocycles. The van der Waals surface area contributed by atoms with E-state index in [1.807, 2.05) is 30.3 Å². The lowest BCUT2D eigenvalue weighted by molar-refractivity contribution is 0.0299. The monoisotopic (exact) mass is 202 g/mol. The van der Waals surface area contributed by atoms with Crippen LogP contribution in [0.3, 0.4) is 0 Å². The van der Waals surface area contributed by atoms with Gasteiger partial charge < -0.3 is 9.64 Å². The molecule has 0 aliphatic carbocycles. The first-order valence-corrected chi connectivity index (χ1v) is 5.18. The fourth-order valence-electron chi connectivity index (χ4n) is 1.63. The lowest BCUT2D eigenvalue weighted by Crippen LogP contribution is -2.46. The number of benzene rings is 1. The van der Waals surface area contributed by atoms with Gasteiger partial charge in [0.15, 0.2) is 6.19 Å². The molecule has 0 bridgehead atoms. The first-order valence-electron chi connectivity index (χ1n) is 5.18. The van der Waals surface area contributed by atoms with Crippen LogP contribution >= 0.6 is 0 Å². The summed E-state index contributed by atoms with van der Waals surface area (Å²) < 4.78 is 5.56. The normalized spacial score (nSPS) is 19.4. The molecule has 78 valence electrons. The highest BCUT2D eigenvalue weighted by Gasteiger charge is 2.26. The summed E-state index contributed by atoms with van der Waals surface area (Å²) in [7, 11) is 0. The van der Waals surface area contributed by atoms with Gasteiger partial charge in [-0.25, -0.2) is 0 Å². The average Bonchev–Trinajstić information content (AvgIpc) is 2.25. The Morgan fingerprint density at radius 2 is 2.20 bits per heavy atom. The summed E-state index contributed by atoms with van der Waals surface area (Å²) in [5, 5.41) is 8.69. The van der Waals surface area contributed by atoms with E-state index < -0.39 is 0 Å². The number of nitrogens with zero attached hydrogens (tertiary/aromatic N) is 2. The Bertz CT molecular complexity index is 344. The molecular formula is C12H14N2O. The Morgan fingerprint density at radius 1 is 1.40 bits per heavy atom. The molecule has 0 aromatic heterocycles. The number of nitriles is 1. The van der Waals surface area contributed by atoms with Gasteiger partial charge in [0.1, 0.15) is 0 Å². The van der Waals surface area contributed by atoms with Crippen molar-refractivity contribution in [1.29, 1.82) is 5.26 Å². The molecule has 1 aromatic carbocycles. The second-order valence-corrected chi connectivity index (χ2v) is 3.74. The number of hydrogen-bond donors (Lipinski definition) is 0. The van der Waals surface area contributed by atoms with Crippen molar-refractivity contribution in [3.05, 3.63) is 35.9 Å². The van der Waals surface area contributed by atoms with Gasteiger partial charge in [-0.05, 0) is 12.0 Å². The molecule has 0 spiro atoms. The molecule has 1 aliphatic rings. The predicted molar refractivity (Wildman–Crippen MR) is 56.8 cm³/mol. The van der Waals surface area contributed by atoms with Crippen LogP contribution in [0, 0.1) is 11.5 Å². The van der Waals surface area contributed by atoms with Gasteiger partial charge in [-0.15, -0.1) is 0 Å². The van der Waals surface area contributed by atoms with Crippen molar-refractivity contribution in [1.82, 2.24) is 4.90 Å². The third kappa shape index (κ3) is 2.48. The Balaban J connectivity index is 1.70. The zero-order valence-corrected chi connectivity index (χ0v) is 8.60. The molecule has 0 amide bonds. The molecule has 15 heavy (non-hydrogen) atoms. The van der Waals surface area contributed by atoms with E-state index in [9.17, 15) is 0 Å². The summed E-state index contributed by atoms with van der Waals surface area (Å²) in [6, 6.07) is 10.4. The molecule has 1 atom stereocenters. The standard InChI is InChI=1S/C12H14N2O/c13-10-14-7-6-12(14)9-15-8-11-4-2-1-3-5-11/h1-5,12H,6-9H2. The Hall–Kier alpha value is -1.53. The fraction of sp³-hybridized carbons (Fsp3) is 0.417. The molecular weight excluding hydrogens is 188 g/mol. The van der Waals surface area contributed by atoms with Crippen LogP contribution in [-0.4, -0.2) is 24.1 Å². The second kappa shape index (κ2) is 4.81. The minimum atomic E-state index is 0.304. The highest BCUT2D eigenvalue weighted by Crippen LogP contribution is 2.16. The Kier molecular flexibility index (Phi) is 3.21. The summed E-state index contributed by atoms with van der Waals surface area (Å²) in [4.78, 5) is 1.77. The summed E-state index contributed by atoms with van der Waals surface area (Å²) in [6.07, 6.45) is 3.23. The summed E-state index contributed by atoms with van der Waals surface area (Å²) in [6.45, 7) is 2.18. The van der Waals surface area contributed by atoms with Crippen molar-refractivity contribution >= 4 is 0 Å². The number of likely N-dealkylation sites (tertiary alicyclic amines) is 1. The van der Waals surface area contributed by atoms with E-state index >= 15 is 0 Å². The molecule has 3 heteroatoms. The average molecular weight is 202 g/mol. The highest BCUT2D eigenvalue weighted by molar-refractivity contribution is 5.13. The molecule has 1 unspecified atom stereocenters. The summed E-state index contributed by atoms with van der Waals surface area (Å²) in [5.74, 6) is 0. The van der Waals surface area contributed by atoms with Crippen molar-refractivity contribution in [2.45, 2.75) is 19.1 Å². The Morgan fingerprint density at radius 3 is 2.80 bits per heavy atom. The van der Waals surface area contributed by atoms with Crippen molar-refractivity contribution < 1.29 is 4.74 Å². The molecule has 0 radical (unpaired) electrons. The number of ether oxygens (including phenoxy) is 1. The van der Waals surface area contributed by atoms with Crippen molar-refractivity contribution in [3.63, 3.8) is 0 Å². The fourth-order valence-corrected chi connectivity index (χ4v) is 1.63. The van der Waals surface area contributed by atoms with Gasteiger partial charge in [0.25, 0.3) is 0 Å². The van der Waals surface area contributed by atoms with Gasteiger partial charge in [-0.1, -0.05) is 30.3 Å². The van der Waals surface area contributed by atoms with E-state index in [1.54, 1.807) is 4.90 Å². The predicted octanol–water partition coefficient (Wildman–Crippen LogP) is 1.76. The van der Waals surface area contributed by atoms with Crippen LogP contribution in [0.15, 0.2) is 30.3 Å². The lowest BCUT2D eigenvalue weighted by atomic mass is 10.1. The van der Waals surface area contributed by atoms with Crippen LogP contribution in [-0.2, 0) is 11.3 Å². The quantitative estimate of drug-likeness (QED) is 0.698. The second-order valence-electron chi connectivity index (χ2n) is 3.74. The van der Waals surface area contributed by atoms with Crippen LogP contribution in [0.25, 0.3) is 0 Å². The van der Waals surface area contributed by atoms with Gasteiger partial charge in [-0.3, -0.25) is 0 Å². The molecule has 1 aliphatic heterocycles.